The van der Waals surface area contributed by atoms with E-state index < -0.39 is 10.0 Å². The topological polar surface area (TPSA) is 58.2 Å². The van der Waals surface area contributed by atoms with Gasteiger partial charge in [0.05, 0.1) is 4.90 Å². The van der Waals surface area contributed by atoms with Gasteiger partial charge in [0, 0.05) is 11.1 Å². The fourth-order valence-electron chi connectivity index (χ4n) is 2.59. The molecule has 1 heterocycles. The number of halogens is 1. The molecule has 1 aliphatic rings. The molecule has 0 saturated carbocycles. The summed E-state index contributed by atoms with van der Waals surface area (Å²) >= 11 is 6.00. The molecule has 0 aliphatic carbocycles. The van der Waals surface area contributed by atoms with E-state index in [2.05, 4.69) is 10.0 Å². The van der Waals surface area contributed by atoms with Crippen LogP contribution in [0.15, 0.2) is 23.1 Å². The minimum absolute atomic E-state index is 0.0915. The molecule has 1 aromatic rings. The number of nitrogens with one attached hydrogen (secondary N) is 2. The van der Waals surface area contributed by atoms with E-state index in [-0.39, 0.29) is 10.9 Å². The monoisotopic (exact) mass is 316 g/mol. The van der Waals surface area contributed by atoms with Crippen molar-refractivity contribution in [3.63, 3.8) is 0 Å². The minimum Gasteiger partial charge on any atom is -0.316 e. The van der Waals surface area contributed by atoms with Crippen LogP contribution in [0.5, 0.6) is 0 Å². The lowest BCUT2D eigenvalue weighted by Crippen LogP contribution is -2.44. The highest BCUT2D eigenvalue weighted by molar-refractivity contribution is 7.89. The van der Waals surface area contributed by atoms with Gasteiger partial charge in [-0.3, -0.25) is 0 Å². The van der Waals surface area contributed by atoms with Gasteiger partial charge in [-0.05, 0) is 63.4 Å². The van der Waals surface area contributed by atoms with E-state index in [1.54, 1.807) is 25.1 Å². The van der Waals surface area contributed by atoms with E-state index >= 15 is 0 Å². The van der Waals surface area contributed by atoms with Crippen LogP contribution in [0.25, 0.3) is 0 Å². The Kier molecular flexibility index (Phi) is 5.07. The van der Waals surface area contributed by atoms with Gasteiger partial charge in [0.1, 0.15) is 0 Å². The van der Waals surface area contributed by atoms with Gasteiger partial charge < -0.3 is 5.32 Å². The van der Waals surface area contributed by atoms with Crippen LogP contribution in [0.4, 0.5) is 0 Å². The average molecular weight is 317 g/mol. The van der Waals surface area contributed by atoms with Crippen LogP contribution < -0.4 is 10.0 Å². The van der Waals surface area contributed by atoms with Crippen LogP contribution in [-0.2, 0) is 10.0 Å². The average Bonchev–Trinajstić information content (AvgIpc) is 2.42. The van der Waals surface area contributed by atoms with Crippen LogP contribution in [0.3, 0.4) is 0 Å². The van der Waals surface area contributed by atoms with Crippen molar-refractivity contribution in [2.24, 2.45) is 5.92 Å². The zero-order chi connectivity index (χ0) is 14.8. The maximum absolute atomic E-state index is 12.5. The van der Waals surface area contributed by atoms with Crippen molar-refractivity contribution in [2.45, 2.75) is 37.6 Å². The van der Waals surface area contributed by atoms with Crippen LogP contribution >= 0.6 is 11.6 Å². The Morgan fingerprint density at radius 2 is 2.20 bits per heavy atom. The molecule has 0 spiro atoms. The summed E-state index contributed by atoms with van der Waals surface area (Å²) in [6, 6.07) is 4.86. The first kappa shape index (κ1) is 15.8. The van der Waals surface area contributed by atoms with Gasteiger partial charge in [0.2, 0.25) is 10.0 Å². The van der Waals surface area contributed by atoms with Gasteiger partial charge in [-0.2, -0.15) is 0 Å². The molecule has 0 radical (unpaired) electrons. The molecule has 2 unspecified atom stereocenters. The van der Waals surface area contributed by atoms with Crippen molar-refractivity contribution in [1.29, 1.82) is 0 Å². The molecule has 0 bridgehead atoms. The Balaban J connectivity index is 2.16. The SMILES string of the molecule is Cc1c(Cl)cccc1S(=O)(=O)NC(C)C1CCCNC1. The number of hydrogen-bond donors (Lipinski definition) is 2. The van der Waals surface area contributed by atoms with Crippen LogP contribution in [-0.4, -0.2) is 27.5 Å². The van der Waals surface area contributed by atoms with E-state index in [9.17, 15) is 8.42 Å². The Morgan fingerprint density at radius 1 is 1.45 bits per heavy atom. The third-order valence-corrected chi connectivity index (χ3v) is 6.00. The number of sulfonamides is 1. The maximum Gasteiger partial charge on any atom is 0.241 e. The molecule has 1 fully saturated rings. The molecule has 2 rings (SSSR count). The zero-order valence-corrected chi connectivity index (χ0v) is 13.4. The molecule has 1 aliphatic heterocycles. The summed E-state index contributed by atoms with van der Waals surface area (Å²) in [6.45, 7) is 5.53. The standard InChI is InChI=1S/C14H21ClN2O2S/c1-10-13(15)6-3-7-14(10)20(18,19)17-11(2)12-5-4-8-16-9-12/h3,6-7,11-12,16-17H,4-5,8-9H2,1-2H3. The van der Waals surface area contributed by atoms with E-state index in [0.717, 1.165) is 25.9 Å². The summed E-state index contributed by atoms with van der Waals surface area (Å²) < 4.78 is 27.7. The Bertz CT molecular complexity index is 569. The van der Waals surface area contributed by atoms with Crippen LogP contribution in [0.2, 0.25) is 5.02 Å². The first-order valence-corrected chi connectivity index (χ1v) is 8.76. The lowest BCUT2D eigenvalue weighted by Gasteiger charge is -2.29. The van der Waals surface area contributed by atoms with Crippen molar-refractivity contribution >= 4 is 21.6 Å². The lowest BCUT2D eigenvalue weighted by molar-refractivity contribution is 0.320. The summed E-state index contributed by atoms with van der Waals surface area (Å²) in [5.74, 6) is 0.331. The highest BCUT2D eigenvalue weighted by Gasteiger charge is 2.26. The van der Waals surface area contributed by atoms with E-state index in [0.29, 0.717) is 16.5 Å². The molecular weight excluding hydrogens is 296 g/mol. The predicted octanol–water partition coefficient (Wildman–Crippen LogP) is 2.31. The number of hydrogen-bond acceptors (Lipinski definition) is 3. The summed E-state index contributed by atoms with van der Waals surface area (Å²) in [7, 11) is -3.52. The van der Waals surface area contributed by atoms with Gasteiger partial charge in [-0.25, -0.2) is 13.1 Å². The van der Waals surface area contributed by atoms with Gasteiger partial charge in [-0.15, -0.1) is 0 Å². The van der Waals surface area contributed by atoms with Crippen LogP contribution in [0.1, 0.15) is 25.3 Å². The van der Waals surface area contributed by atoms with Crippen molar-refractivity contribution in [1.82, 2.24) is 10.0 Å². The quantitative estimate of drug-likeness (QED) is 0.896. The molecule has 20 heavy (non-hydrogen) atoms. The van der Waals surface area contributed by atoms with Crippen molar-refractivity contribution in [3.05, 3.63) is 28.8 Å². The highest BCUT2D eigenvalue weighted by atomic mass is 35.5. The summed E-state index contributed by atoms with van der Waals surface area (Å²) in [5, 5.41) is 3.78. The van der Waals surface area contributed by atoms with Gasteiger partial charge in [0.15, 0.2) is 0 Å². The molecule has 0 aromatic heterocycles. The molecule has 2 N–H and O–H groups in total. The number of piperidine rings is 1. The number of benzene rings is 1. The maximum atomic E-state index is 12.5. The lowest BCUT2D eigenvalue weighted by atomic mass is 9.94. The van der Waals surface area contributed by atoms with Crippen molar-refractivity contribution in [3.8, 4) is 0 Å². The molecule has 2 atom stereocenters. The Hall–Kier alpha value is -0.620. The number of rotatable bonds is 4. The van der Waals surface area contributed by atoms with E-state index in [1.165, 1.54) is 0 Å². The molecule has 112 valence electrons. The highest BCUT2D eigenvalue weighted by Crippen LogP contribution is 2.24. The molecule has 1 aromatic carbocycles. The third kappa shape index (κ3) is 3.52. The predicted molar refractivity (Wildman–Crippen MR) is 81.6 cm³/mol. The Labute approximate surface area is 126 Å². The first-order chi connectivity index (χ1) is 9.42. The van der Waals surface area contributed by atoms with Gasteiger partial charge in [0.25, 0.3) is 0 Å². The molecule has 6 heteroatoms. The van der Waals surface area contributed by atoms with E-state index in [4.69, 9.17) is 11.6 Å². The molecule has 1 saturated heterocycles. The second-order valence-corrected chi connectivity index (χ2v) is 7.47. The van der Waals surface area contributed by atoms with Gasteiger partial charge >= 0.3 is 0 Å². The van der Waals surface area contributed by atoms with E-state index in [1.807, 2.05) is 6.92 Å². The summed E-state index contributed by atoms with van der Waals surface area (Å²) in [4.78, 5) is 0.264. The molecular formula is C14H21ClN2O2S. The fourth-order valence-corrected chi connectivity index (χ4v) is 4.40. The van der Waals surface area contributed by atoms with Crippen molar-refractivity contribution in [2.75, 3.05) is 13.1 Å². The van der Waals surface area contributed by atoms with Gasteiger partial charge in [-0.1, -0.05) is 17.7 Å². The smallest absolute Gasteiger partial charge is 0.241 e. The largest absolute Gasteiger partial charge is 0.316 e. The fraction of sp³-hybridized carbons (Fsp3) is 0.571. The van der Waals surface area contributed by atoms with Crippen LogP contribution in [0, 0.1) is 12.8 Å². The first-order valence-electron chi connectivity index (χ1n) is 6.90. The zero-order valence-electron chi connectivity index (χ0n) is 11.8. The normalized spacial score (nSPS) is 21.6. The van der Waals surface area contributed by atoms with Crippen molar-refractivity contribution < 1.29 is 8.42 Å². The second kappa shape index (κ2) is 6.43. The molecule has 4 nitrogen and oxygen atoms in total. The minimum atomic E-state index is -3.52. The third-order valence-electron chi connectivity index (χ3n) is 3.89. The Morgan fingerprint density at radius 3 is 2.85 bits per heavy atom. The second-order valence-electron chi connectivity index (χ2n) is 5.38. The summed E-state index contributed by atoms with van der Waals surface area (Å²) in [5.41, 5.74) is 0.593. The molecule has 0 amide bonds. The summed E-state index contributed by atoms with van der Waals surface area (Å²) in [6.07, 6.45) is 2.14.